The fourth-order valence-electron chi connectivity index (χ4n) is 1.91. The summed E-state index contributed by atoms with van der Waals surface area (Å²) in [5.41, 5.74) is 3.56. The Morgan fingerprint density at radius 3 is 2.53 bits per heavy atom. The summed E-state index contributed by atoms with van der Waals surface area (Å²) in [7, 11) is 0. The third kappa shape index (κ3) is 2.71. The van der Waals surface area contributed by atoms with Gasteiger partial charge in [-0.2, -0.15) is 5.10 Å². The molecule has 0 unspecified atom stereocenters. The van der Waals surface area contributed by atoms with Gasteiger partial charge >= 0.3 is 0 Å². The number of nitrogens with zero attached hydrogens (tertiary/aromatic N) is 3. The summed E-state index contributed by atoms with van der Waals surface area (Å²) in [6, 6.07) is 6.40. The second-order valence-corrected chi connectivity index (χ2v) is 4.21. The summed E-state index contributed by atoms with van der Waals surface area (Å²) in [6.45, 7) is 7.94. The molecule has 0 aliphatic rings. The van der Waals surface area contributed by atoms with Gasteiger partial charge in [-0.25, -0.2) is 9.67 Å². The highest BCUT2D eigenvalue weighted by Gasteiger charge is 2.06. The first-order valence-electron chi connectivity index (χ1n) is 5.89. The Kier molecular flexibility index (Phi) is 3.54. The van der Waals surface area contributed by atoms with Gasteiger partial charge in [0.2, 0.25) is 0 Å². The van der Waals surface area contributed by atoms with Crippen LogP contribution >= 0.6 is 0 Å². The van der Waals surface area contributed by atoms with E-state index in [1.54, 1.807) is 6.33 Å². The van der Waals surface area contributed by atoms with Crippen molar-refractivity contribution in [3.63, 3.8) is 0 Å². The van der Waals surface area contributed by atoms with Crippen LogP contribution in [0.5, 0.6) is 0 Å². The van der Waals surface area contributed by atoms with E-state index in [1.165, 1.54) is 11.1 Å². The lowest BCUT2D eigenvalue weighted by Gasteiger charge is -2.08. The van der Waals surface area contributed by atoms with Gasteiger partial charge in [0.25, 0.3) is 0 Å². The van der Waals surface area contributed by atoms with Crippen molar-refractivity contribution in [3.8, 4) is 5.69 Å². The van der Waals surface area contributed by atoms with Gasteiger partial charge in [0.1, 0.15) is 12.2 Å². The van der Waals surface area contributed by atoms with E-state index in [1.807, 2.05) is 4.68 Å². The van der Waals surface area contributed by atoms with E-state index < -0.39 is 0 Å². The molecule has 0 saturated heterocycles. The minimum atomic E-state index is 0.740. The molecule has 0 atom stereocenters. The molecule has 0 spiro atoms. The van der Waals surface area contributed by atoms with Gasteiger partial charge in [-0.05, 0) is 43.7 Å². The van der Waals surface area contributed by atoms with E-state index in [0.29, 0.717) is 0 Å². The highest BCUT2D eigenvalue weighted by Crippen LogP contribution is 2.13. The zero-order valence-electron chi connectivity index (χ0n) is 10.6. The minimum Gasteiger partial charge on any atom is -0.310 e. The van der Waals surface area contributed by atoms with Crippen LogP contribution < -0.4 is 5.32 Å². The van der Waals surface area contributed by atoms with Crippen LogP contribution in [-0.4, -0.2) is 21.3 Å². The average molecular weight is 230 g/mol. The van der Waals surface area contributed by atoms with E-state index in [4.69, 9.17) is 0 Å². The molecule has 1 aromatic carbocycles. The Hall–Kier alpha value is -1.68. The second-order valence-electron chi connectivity index (χ2n) is 4.21. The first-order chi connectivity index (χ1) is 8.20. The molecule has 4 heteroatoms. The van der Waals surface area contributed by atoms with Crippen LogP contribution in [0.4, 0.5) is 0 Å². The number of hydrogen-bond acceptors (Lipinski definition) is 3. The van der Waals surface area contributed by atoms with Crippen LogP contribution in [0.3, 0.4) is 0 Å². The Bertz CT molecular complexity index is 482. The predicted octanol–water partition coefficient (Wildman–Crippen LogP) is 1.99. The van der Waals surface area contributed by atoms with Crippen LogP contribution in [0.15, 0.2) is 24.5 Å². The van der Waals surface area contributed by atoms with E-state index in [2.05, 4.69) is 54.4 Å². The standard InChI is InChI=1S/C13H18N4/c1-4-14-8-13-15-9-16-17(13)12-6-10(2)5-11(3)7-12/h5-7,9,14H,4,8H2,1-3H3. The average Bonchev–Trinajstić information content (AvgIpc) is 2.73. The fourth-order valence-corrected chi connectivity index (χ4v) is 1.91. The van der Waals surface area contributed by atoms with Crippen molar-refractivity contribution in [2.24, 2.45) is 0 Å². The smallest absolute Gasteiger partial charge is 0.146 e. The van der Waals surface area contributed by atoms with Crippen molar-refractivity contribution in [3.05, 3.63) is 41.5 Å². The zero-order valence-corrected chi connectivity index (χ0v) is 10.6. The third-order valence-electron chi connectivity index (χ3n) is 2.60. The van der Waals surface area contributed by atoms with Gasteiger partial charge in [0.15, 0.2) is 0 Å². The molecular formula is C13H18N4. The van der Waals surface area contributed by atoms with Crippen molar-refractivity contribution in [2.75, 3.05) is 6.54 Å². The lowest BCUT2D eigenvalue weighted by atomic mass is 10.1. The number of rotatable bonds is 4. The maximum Gasteiger partial charge on any atom is 0.146 e. The van der Waals surface area contributed by atoms with Crippen molar-refractivity contribution < 1.29 is 0 Å². The number of benzene rings is 1. The summed E-state index contributed by atoms with van der Waals surface area (Å²) in [6.07, 6.45) is 1.60. The second kappa shape index (κ2) is 5.10. The lowest BCUT2D eigenvalue weighted by molar-refractivity contribution is 0.664. The van der Waals surface area contributed by atoms with Gasteiger partial charge in [0.05, 0.1) is 12.2 Å². The first kappa shape index (κ1) is 11.8. The molecule has 0 amide bonds. The molecule has 17 heavy (non-hydrogen) atoms. The maximum absolute atomic E-state index is 4.29. The Balaban J connectivity index is 2.35. The van der Waals surface area contributed by atoms with Gasteiger partial charge in [0, 0.05) is 0 Å². The summed E-state index contributed by atoms with van der Waals surface area (Å²) in [4.78, 5) is 4.28. The maximum atomic E-state index is 4.29. The molecule has 1 aromatic heterocycles. The molecule has 1 N–H and O–H groups in total. The third-order valence-corrected chi connectivity index (χ3v) is 2.60. The largest absolute Gasteiger partial charge is 0.310 e. The monoisotopic (exact) mass is 230 g/mol. The summed E-state index contributed by atoms with van der Waals surface area (Å²) >= 11 is 0. The topological polar surface area (TPSA) is 42.7 Å². The molecular weight excluding hydrogens is 212 g/mol. The fraction of sp³-hybridized carbons (Fsp3) is 0.385. The SMILES string of the molecule is CCNCc1ncnn1-c1cc(C)cc(C)c1. The van der Waals surface area contributed by atoms with Crippen molar-refractivity contribution in [1.29, 1.82) is 0 Å². The van der Waals surface area contributed by atoms with E-state index in [0.717, 1.165) is 24.6 Å². The van der Waals surface area contributed by atoms with Crippen LogP contribution in [0.25, 0.3) is 5.69 Å². The van der Waals surface area contributed by atoms with Crippen LogP contribution in [-0.2, 0) is 6.54 Å². The van der Waals surface area contributed by atoms with Crippen molar-refractivity contribution in [1.82, 2.24) is 20.1 Å². The van der Waals surface area contributed by atoms with Crippen molar-refractivity contribution in [2.45, 2.75) is 27.3 Å². The highest BCUT2D eigenvalue weighted by atomic mass is 15.3. The molecule has 0 saturated carbocycles. The van der Waals surface area contributed by atoms with Gasteiger partial charge in [-0.3, -0.25) is 0 Å². The molecule has 0 aliphatic carbocycles. The number of hydrogen-bond donors (Lipinski definition) is 1. The molecule has 0 aliphatic heterocycles. The van der Waals surface area contributed by atoms with E-state index >= 15 is 0 Å². The molecule has 0 fully saturated rings. The normalized spacial score (nSPS) is 10.8. The Labute approximate surface area is 102 Å². The summed E-state index contributed by atoms with van der Waals surface area (Å²) in [5.74, 6) is 0.942. The zero-order chi connectivity index (χ0) is 12.3. The Morgan fingerprint density at radius 2 is 1.88 bits per heavy atom. The van der Waals surface area contributed by atoms with Gasteiger partial charge in [-0.1, -0.05) is 13.0 Å². The van der Waals surface area contributed by atoms with Gasteiger partial charge in [-0.15, -0.1) is 0 Å². The van der Waals surface area contributed by atoms with Crippen LogP contribution in [0.2, 0.25) is 0 Å². The lowest BCUT2D eigenvalue weighted by Crippen LogP contribution is -2.16. The predicted molar refractivity (Wildman–Crippen MR) is 68.2 cm³/mol. The minimum absolute atomic E-state index is 0.740. The number of aromatic nitrogens is 3. The van der Waals surface area contributed by atoms with Crippen LogP contribution in [0.1, 0.15) is 23.9 Å². The quantitative estimate of drug-likeness (QED) is 0.873. The number of nitrogens with one attached hydrogen (secondary N) is 1. The molecule has 1 heterocycles. The molecule has 4 nitrogen and oxygen atoms in total. The number of aryl methyl sites for hydroxylation is 2. The molecule has 2 rings (SSSR count). The highest BCUT2D eigenvalue weighted by molar-refractivity contribution is 5.39. The molecule has 0 radical (unpaired) electrons. The molecule has 90 valence electrons. The summed E-state index contributed by atoms with van der Waals surface area (Å²) in [5, 5.41) is 7.55. The van der Waals surface area contributed by atoms with Gasteiger partial charge < -0.3 is 5.32 Å². The summed E-state index contributed by atoms with van der Waals surface area (Å²) < 4.78 is 1.89. The van der Waals surface area contributed by atoms with Crippen LogP contribution in [0, 0.1) is 13.8 Å². The first-order valence-corrected chi connectivity index (χ1v) is 5.89. The Morgan fingerprint density at radius 1 is 1.18 bits per heavy atom. The van der Waals surface area contributed by atoms with Crippen molar-refractivity contribution >= 4 is 0 Å². The van der Waals surface area contributed by atoms with E-state index in [-0.39, 0.29) is 0 Å². The molecule has 2 aromatic rings. The molecule has 0 bridgehead atoms. The van der Waals surface area contributed by atoms with E-state index in [9.17, 15) is 0 Å².